The van der Waals surface area contributed by atoms with Gasteiger partial charge in [-0.3, -0.25) is 4.90 Å². The number of hydrogen-bond acceptors (Lipinski definition) is 4. The van der Waals surface area contributed by atoms with E-state index in [0.717, 1.165) is 25.3 Å². The van der Waals surface area contributed by atoms with Crippen molar-refractivity contribution in [3.63, 3.8) is 0 Å². The molecule has 1 aliphatic heterocycles. The molecule has 0 saturated carbocycles. The maximum atomic E-state index is 6.04. The summed E-state index contributed by atoms with van der Waals surface area (Å²) in [6, 6.07) is 8.57. The Balaban J connectivity index is 2.08. The van der Waals surface area contributed by atoms with Gasteiger partial charge in [-0.05, 0) is 43.5 Å². The van der Waals surface area contributed by atoms with Crippen molar-refractivity contribution >= 4 is 0 Å². The van der Waals surface area contributed by atoms with E-state index in [1.165, 1.54) is 5.56 Å². The molecule has 1 aliphatic rings. The largest absolute Gasteiger partial charge is 0.494 e. The third-order valence-corrected chi connectivity index (χ3v) is 4.46. The van der Waals surface area contributed by atoms with Crippen LogP contribution in [0.15, 0.2) is 24.3 Å². The minimum Gasteiger partial charge on any atom is -0.494 e. The zero-order chi connectivity index (χ0) is 15.2. The summed E-state index contributed by atoms with van der Waals surface area (Å²) in [7, 11) is 1.80. The third kappa shape index (κ3) is 3.96. The second-order valence-electron chi connectivity index (χ2n) is 5.79. The Morgan fingerprint density at radius 1 is 1.33 bits per heavy atom. The first-order valence-electron chi connectivity index (χ1n) is 7.89. The van der Waals surface area contributed by atoms with E-state index in [1.54, 1.807) is 7.11 Å². The van der Waals surface area contributed by atoms with Gasteiger partial charge in [0.2, 0.25) is 0 Å². The van der Waals surface area contributed by atoms with E-state index in [-0.39, 0.29) is 6.04 Å². The summed E-state index contributed by atoms with van der Waals surface area (Å²) in [5.41, 5.74) is 7.30. The van der Waals surface area contributed by atoms with Gasteiger partial charge in [-0.1, -0.05) is 19.1 Å². The molecule has 0 aliphatic carbocycles. The molecular weight excluding hydrogens is 264 g/mol. The quantitative estimate of drug-likeness (QED) is 0.875. The average molecular weight is 292 g/mol. The fourth-order valence-electron chi connectivity index (χ4n) is 3.10. The lowest BCUT2D eigenvalue weighted by Gasteiger charge is -2.40. The van der Waals surface area contributed by atoms with Gasteiger partial charge in [0.05, 0.1) is 12.7 Å². The van der Waals surface area contributed by atoms with E-state index in [2.05, 4.69) is 24.0 Å². The summed E-state index contributed by atoms with van der Waals surface area (Å²) >= 11 is 0. The molecule has 21 heavy (non-hydrogen) atoms. The molecule has 0 spiro atoms. The Hall–Kier alpha value is -1.10. The van der Waals surface area contributed by atoms with Crippen LogP contribution < -0.4 is 10.5 Å². The standard InChI is InChI=1S/C17H28N2O2/c1-4-21-15-7-5-14(6-8-15)16(11-18)19-10-9-13(2)17(12-19)20-3/h5-8,13,16-17H,4,9-12,18H2,1-3H3. The number of benzene rings is 1. The highest BCUT2D eigenvalue weighted by atomic mass is 16.5. The minimum atomic E-state index is 0.255. The van der Waals surface area contributed by atoms with Gasteiger partial charge in [0.25, 0.3) is 0 Å². The SMILES string of the molecule is CCOc1ccc(C(CN)N2CCC(C)C(OC)C2)cc1. The summed E-state index contributed by atoms with van der Waals surface area (Å²) < 4.78 is 11.1. The summed E-state index contributed by atoms with van der Waals surface area (Å²) in [4.78, 5) is 2.45. The Labute approximate surface area is 128 Å². The van der Waals surface area contributed by atoms with Gasteiger partial charge in [0, 0.05) is 26.2 Å². The molecule has 1 aromatic carbocycles. The normalized spacial score (nSPS) is 24.8. The van der Waals surface area contributed by atoms with Crippen molar-refractivity contribution in [2.45, 2.75) is 32.4 Å². The highest BCUT2D eigenvalue weighted by molar-refractivity contribution is 5.29. The van der Waals surface area contributed by atoms with Crippen LogP contribution in [0.5, 0.6) is 5.75 Å². The molecule has 3 unspecified atom stereocenters. The fourth-order valence-corrected chi connectivity index (χ4v) is 3.10. The van der Waals surface area contributed by atoms with E-state index in [9.17, 15) is 0 Å². The van der Waals surface area contributed by atoms with Gasteiger partial charge in [-0.15, -0.1) is 0 Å². The number of likely N-dealkylation sites (tertiary alicyclic amines) is 1. The lowest BCUT2D eigenvalue weighted by atomic mass is 9.93. The number of hydrogen-bond donors (Lipinski definition) is 1. The van der Waals surface area contributed by atoms with Crippen LogP contribution in [0.1, 0.15) is 31.9 Å². The van der Waals surface area contributed by atoms with Gasteiger partial charge in [-0.25, -0.2) is 0 Å². The molecule has 118 valence electrons. The molecule has 4 heteroatoms. The number of rotatable bonds is 6. The summed E-state index contributed by atoms with van der Waals surface area (Å²) in [6.07, 6.45) is 1.46. The molecule has 1 aromatic rings. The molecule has 0 aromatic heterocycles. The van der Waals surface area contributed by atoms with Crippen LogP contribution in [0, 0.1) is 5.92 Å². The molecule has 4 nitrogen and oxygen atoms in total. The highest BCUT2D eigenvalue weighted by Crippen LogP contribution is 2.28. The van der Waals surface area contributed by atoms with Crippen LogP contribution in [0.3, 0.4) is 0 Å². The van der Waals surface area contributed by atoms with Crippen molar-refractivity contribution < 1.29 is 9.47 Å². The molecule has 1 heterocycles. The zero-order valence-electron chi connectivity index (χ0n) is 13.4. The fraction of sp³-hybridized carbons (Fsp3) is 0.647. The summed E-state index contributed by atoms with van der Waals surface area (Å²) in [6.45, 7) is 7.61. The van der Waals surface area contributed by atoms with E-state index >= 15 is 0 Å². The van der Waals surface area contributed by atoms with Crippen LogP contribution in [0.2, 0.25) is 0 Å². The number of nitrogens with two attached hydrogens (primary N) is 1. The van der Waals surface area contributed by atoms with Crippen molar-refractivity contribution in [3.8, 4) is 5.75 Å². The molecule has 0 radical (unpaired) electrons. The van der Waals surface area contributed by atoms with Crippen molar-refractivity contribution in [3.05, 3.63) is 29.8 Å². The number of ether oxygens (including phenoxy) is 2. The summed E-state index contributed by atoms with van der Waals surface area (Å²) in [5, 5.41) is 0. The monoisotopic (exact) mass is 292 g/mol. The highest BCUT2D eigenvalue weighted by Gasteiger charge is 2.30. The second kappa shape index (κ2) is 7.78. The first kappa shape index (κ1) is 16.3. The van der Waals surface area contributed by atoms with Gasteiger partial charge in [-0.2, -0.15) is 0 Å². The molecule has 2 N–H and O–H groups in total. The zero-order valence-corrected chi connectivity index (χ0v) is 13.4. The molecule has 1 fully saturated rings. The first-order valence-corrected chi connectivity index (χ1v) is 7.89. The lowest BCUT2D eigenvalue weighted by Crippen LogP contribution is -2.47. The Morgan fingerprint density at radius 2 is 2.05 bits per heavy atom. The van der Waals surface area contributed by atoms with Crippen LogP contribution in [0.4, 0.5) is 0 Å². The Morgan fingerprint density at radius 3 is 2.62 bits per heavy atom. The van der Waals surface area contributed by atoms with Crippen LogP contribution >= 0.6 is 0 Å². The van der Waals surface area contributed by atoms with Gasteiger partial charge in [0.15, 0.2) is 0 Å². The van der Waals surface area contributed by atoms with Gasteiger partial charge >= 0.3 is 0 Å². The van der Waals surface area contributed by atoms with Gasteiger partial charge in [0.1, 0.15) is 5.75 Å². The van der Waals surface area contributed by atoms with Gasteiger partial charge < -0.3 is 15.2 Å². The van der Waals surface area contributed by atoms with Crippen LogP contribution in [-0.2, 0) is 4.74 Å². The predicted octanol–water partition coefficient (Wildman–Crippen LogP) is 2.44. The molecule has 0 amide bonds. The first-order chi connectivity index (χ1) is 10.2. The van der Waals surface area contributed by atoms with E-state index < -0.39 is 0 Å². The second-order valence-corrected chi connectivity index (χ2v) is 5.79. The molecular formula is C17H28N2O2. The van der Waals surface area contributed by atoms with Crippen molar-refractivity contribution in [2.24, 2.45) is 11.7 Å². The Kier molecular flexibility index (Phi) is 6.03. The van der Waals surface area contributed by atoms with Crippen LogP contribution in [0.25, 0.3) is 0 Å². The van der Waals surface area contributed by atoms with Crippen molar-refractivity contribution in [2.75, 3.05) is 33.4 Å². The van der Waals surface area contributed by atoms with E-state index in [1.807, 2.05) is 19.1 Å². The van der Waals surface area contributed by atoms with E-state index in [0.29, 0.717) is 25.2 Å². The predicted molar refractivity (Wildman–Crippen MR) is 85.6 cm³/mol. The smallest absolute Gasteiger partial charge is 0.119 e. The lowest BCUT2D eigenvalue weighted by molar-refractivity contribution is -0.0183. The topological polar surface area (TPSA) is 47.7 Å². The average Bonchev–Trinajstić information content (AvgIpc) is 2.51. The number of methoxy groups -OCH3 is 1. The minimum absolute atomic E-state index is 0.255. The molecule has 0 bridgehead atoms. The van der Waals surface area contributed by atoms with E-state index in [4.69, 9.17) is 15.2 Å². The third-order valence-electron chi connectivity index (χ3n) is 4.46. The van der Waals surface area contributed by atoms with Crippen molar-refractivity contribution in [1.29, 1.82) is 0 Å². The van der Waals surface area contributed by atoms with Crippen molar-refractivity contribution in [1.82, 2.24) is 4.90 Å². The van der Waals surface area contributed by atoms with Crippen LogP contribution in [-0.4, -0.2) is 44.4 Å². The molecule has 1 saturated heterocycles. The maximum absolute atomic E-state index is 6.04. The summed E-state index contributed by atoms with van der Waals surface area (Å²) in [5.74, 6) is 1.53. The Bertz CT molecular complexity index is 421. The molecule has 3 atom stereocenters. The molecule has 2 rings (SSSR count). The number of piperidine rings is 1. The maximum Gasteiger partial charge on any atom is 0.119 e. The number of nitrogens with zero attached hydrogens (tertiary/aromatic N) is 1.